The number of aromatic amines is 1. The van der Waals surface area contributed by atoms with Gasteiger partial charge in [-0.15, -0.1) is 0 Å². The van der Waals surface area contributed by atoms with Gasteiger partial charge in [0.05, 0.1) is 24.0 Å². The number of hydrogen-bond donors (Lipinski definition) is 1. The molecule has 8 heteroatoms. The maximum absolute atomic E-state index is 13.1. The third-order valence-electron chi connectivity index (χ3n) is 6.15. The summed E-state index contributed by atoms with van der Waals surface area (Å²) < 4.78 is 13.0. The molecule has 1 aliphatic rings. The van der Waals surface area contributed by atoms with Crippen LogP contribution in [0.4, 0.5) is 0 Å². The van der Waals surface area contributed by atoms with Gasteiger partial charge in [0.1, 0.15) is 5.82 Å². The molecule has 3 heterocycles. The van der Waals surface area contributed by atoms with Crippen LogP contribution in [0.15, 0.2) is 53.3 Å². The van der Waals surface area contributed by atoms with E-state index in [1.54, 1.807) is 6.07 Å². The lowest BCUT2D eigenvalue weighted by Crippen LogP contribution is -2.28. The summed E-state index contributed by atoms with van der Waals surface area (Å²) in [6.07, 6.45) is 0. The Morgan fingerprint density at radius 2 is 1.91 bits per heavy atom. The smallest absolute Gasteiger partial charge is 0.258 e. The molecule has 0 unspecified atom stereocenters. The molecule has 2 aromatic heterocycles. The van der Waals surface area contributed by atoms with E-state index in [1.807, 2.05) is 68.3 Å². The number of carbonyl (C=O) groups excluding carboxylic acids is 1. The van der Waals surface area contributed by atoms with Crippen molar-refractivity contribution in [3.8, 4) is 11.5 Å². The Kier molecular flexibility index (Phi) is 5.67. The highest BCUT2D eigenvalue weighted by Crippen LogP contribution is 2.33. The number of ketones is 1. The van der Waals surface area contributed by atoms with Gasteiger partial charge in [0, 0.05) is 23.5 Å². The lowest BCUT2D eigenvalue weighted by Gasteiger charge is -2.15. The summed E-state index contributed by atoms with van der Waals surface area (Å²) in [7, 11) is 1.85. The van der Waals surface area contributed by atoms with Crippen molar-refractivity contribution in [2.24, 2.45) is 0 Å². The first kappa shape index (κ1) is 21.9. The van der Waals surface area contributed by atoms with Crippen LogP contribution in [0, 0.1) is 13.8 Å². The monoisotopic (exact) mass is 458 g/mol. The average molecular weight is 459 g/mol. The molecule has 0 amide bonds. The van der Waals surface area contributed by atoms with E-state index in [9.17, 15) is 9.59 Å². The molecule has 34 heavy (non-hydrogen) atoms. The van der Waals surface area contributed by atoms with Crippen LogP contribution in [-0.2, 0) is 13.1 Å². The Bertz CT molecular complexity index is 1450. The van der Waals surface area contributed by atoms with E-state index >= 15 is 0 Å². The van der Waals surface area contributed by atoms with Gasteiger partial charge in [0.25, 0.3) is 5.56 Å². The number of hydrogen-bond acceptors (Lipinski definition) is 6. The standard InChI is InChI=1S/C26H26N4O4/c1-16-10-20(17(2)30(16)12-18-8-9-23-24(11-18)34-15-33-23)22(31)13-29(3)14-25-27-21-7-5-4-6-19(21)26(32)28-25/h4-11H,12-15H2,1-3H3,(H,27,28,32). The van der Waals surface area contributed by atoms with Crippen molar-refractivity contribution in [2.75, 3.05) is 20.4 Å². The predicted molar refractivity (Wildman–Crippen MR) is 129 cm³/mol. The second-order valence-corrected chi connectivity index (χ2v) is 8.68. The number of para-hydroxylation sites is 1. The Morgan fingerprint density at radius 3 is 2.76 bits per heavy atom. The van der Waals surface area contributed by atoms with Gasteiger partial charge in [-0.05, 0) is 56.8 Å². The van der Waals surface area contributed by atoms with Crippen LogP contribution in [0.25, 0.3) is 10.9 Å². The van der Waals surface area contributed by atoms with E-state index < -0.39 is 0 Å². The Labute approximate surface area is 196 Å². The van der Waals surface area contributed by atoms with E-state index in [-0.39, 0.29) is 24.7 Å². The van der Waals surface area contributed by atoms with Gasteiger partial charge in [-0.1, -0.05) is 18.2 Å². The van der Waals surface area contributed by atoms with E-state index in [4.69, 9.17) is 9.47 Å². The number of Topliss-reactive ketones (excluding diaryl/α,β-unsaturated/α-hetero) is 1. The van der Waals surface area contributed by atoms with Crippen molar-refractivity contribution >= 4 is 16.7 Å². The molecule has 5 rings (SSSR count). The minimum Gasteiger partial charge on any atom is -0.454 e. The normalized spacial score (nSPS) is 12.6. The highest BCUT2D eigenvalue weighted by Gasteiger charge is 2.19. The topological polar surface area (TPSA) is 89.5 Å². The second kappa shape index (κ2) is 8.79. The molecule has 2 aromatic carbocycles. The zero-order valence-electron chi connectivity index (χ0n) is 19.4. The van der Waals surface area contributed by atoms with Gasteiger partial charge in [-0.2, -0.15) is 0 Å². The van der Waals surface area contributed by atoms with Gasteiger partial charge in [-0.3, -0.25) is 14.5 Å². The van der Waals surface area contributed by atoms with Crippen LogP contribution in [-0.4, -0.2) is 45.6 Å². The van der Waals surface area contributed by atoms with E-state index in [0.717, 1.165) is 28.5 Å². The molecule has 0 fully saturated rings. The third-order valence-corrected chi connectivity index (χ3v) is 6.15. The number of likely N-dealkylation sites (N-methyl/N-ethyl adjacent to an activating group) is 1. The summed E-state index contributed by atoms with van der Waals surface area (Å²) in [6, 6.07) is 15.1. The van der Waals surface area contributed by atoms with Crippen molar-refractivity contribution < 1.29 is 14.3 Å². The van der Waals surface area contributed by atoms with Crippen molar-refractivity contribution in [1.82, 2.24) is 19.4 Å². The summed E-state index contributed by atoms with van der Waals surface area (Å²) in [5.74, 6) is 2.06. The fourth-order valence-corrected chi connectivity index (χ4v) is 4.40. The highest BCUT2D eigenvalue weighted by molar-refractivity contribution is 5.99. The number of benzene rings is 2. The Balaban J connectivity index is 1.30. The minimum absolute atomic E-state index is 0.0238. The summed E-state index contributed by atoms with van der Waals surface area (Å²) >= 11 is 0. The molecule has 0 bridgehead atoms. The van der Waals surface area contributed by atoms with Crippen LogP contribution >= 0.6 is 0 Å². The molecule has 4 aromatic rings. The summed E-state index contributed by atoms with van der Waals surface area (Å²) in [6.45, 7) is 5.43. The Morgan fingerprint density at radius 1 is 1.12 bits per heavy atom. The number of rotatable bonds is 7. The number of ether oxygens (including phenoxy) is 2. The zero-order chi connectivity index (χ0) is 23.8. The highest BCUT2D eigenvalue weighted by atomic mass is 16.7. The SMILES string of the molecule is Cc1cc(C(=O)CN(C)Cc2nc3ccccc3c(=O)[nH]2)c(C)n1Cc1ccc2c(c1)OCO2. The maximum atomic E-state index is 13.1. The molecule has 1 aliphatic heterocycles. The Hall–Kier alpha value is -3.91. The lowest BCUT2D eigenvalue weighted by atomic mass is 10.1. The predicted octanol–water partition coefficient (Wildman–Crippen LogP) is 3.43. The molecule has 0 radical (unpaired) electrons. The quantitative estimate of drug-likeness (QED) is 0.427. The van der Waals surface area contributed by atoms with Gasteiger partial charge in [0.2, 0.25) is 6.79 Å². The molecule has 1 N–H and O–H groups in total. The van der Waals surface area contributed by atoms with Gasteiger partial charge in [0.15, 0.2) is 17.3 Å². The van der Waals surface area contributed by atoms with Crippen molar-refractivity contribution in [1.29, 1.82) is 0 Å². The van der Waals surface area contributed by atoms with E-state index in [0.29, 0.717) is 35.4 Å². The first-order chi connectivity index (χ1) is 16.4. The van der Waals surface area contributed by atoms with Crippen molar-refractivity contribution in [3.05, 3.63) is 87.2 Å². The fourth-order valence-electron chi connectivity index (χ4n) is 4.40. The number of carbonyl (C=O) groups is 1. The largest absolute Gasteiger partial charge is 0.454 e. The van der Waals surface area contributed by atoms with Crippen LogP contribution < -0.4 is 15.0 Å². The van der Waals surface area contributed by atoms with Gasteiger partial charge >= 0.3 is 0 Å². The first-order valence-electron chi connectivity index (χ1n) is 11.1. The van der Waals surface area contributed by atoms with Crippen molar-refractivity contribution in [3.63, 3.8) is 0 Å². The van der Waals surface area contributed by atoms with Crippen LogP contribution in [0.5, 0.6) is 11.5 Å². The summed E-state index contributed by atoms with van der Waals surface area (Å²) in [5.41, 5.74) is 4.19. The number of aryl methyl sites for hydroxylation is 1. The number of aromatic nitrogens is 3. The molecular formula is C26H26N4O4. The van der Waals surface area contributed by atoms with Gasteiger partial charge in [-0.25, -0.2) is 4.98 Å². The number of nitrogens with zero attached hydrogens (tertiary/aromatic N) is 3. The van der Waals surface area contributed by atoms with Crippen LogP contribution in [0.3, 0.4) is 0 Å². The van der Waals surface area contributed by atoms with E-state index in [1.165, 1.54) is 0 Å². The zero-order valence-corrected chi connectivity index (χ0v) is 19.4. The summed E-state index contributed by atoms with van der Waals surface area (Å²) in [4.78, 5) is 34.7. The molecule has 0 aliphatic carbocycles. The third kappa shape index (κ3) is 4.20. The first-order valence-corrected chi connectivity index (χ1v) is 11.1. The van der Waals surface area contributed by atoms with E-state index in [2.05, 4.69) is 14.5 Å². The second-order valence-electron chi connectivity index (χ2n) is 8.68. The number of nitrogens with one attached hydrogen (secondary N) is 1. The molecule has 174 valence electrons. The van der Waals surface area contributed by atoms with Gasteiger partial charge < -0.3 is 19.0 Å². The van der Waals surface area contributed by atoms with Crippen LogP contribution in [0.2, 0.25) is 0 Å². The fraction of sp³-hybridized carbons (Fsp3) is 0.269. The lowest BCUT2D eigenvalue weighted by molar-refractivity contribution is 0.0941. The molecule has 0 spiro atoms. The van der Waals surface area contributed by atoms with Crippen molar-refractivity contribution in [2.45, 2.75) is 26.9 Å². The molecule has 8 nitrogen and oxygen atoms in total. The minimum atomic E-state index is -0.174. The molecule has 0 atom stereocenters. The maximum Gasteiger partial charge on any atom is 0.258 e. The number of H-pyrrole nitrogens is 1. The summed E-state index contributed by atoms with van der Waals surface area (Å²) in [5, 5.41) is 0.555. The molecule has 0 saturated carbocycles. The average Bonchev–Trinajstić information content (AvgIpc) is 3.38. The van der Waals surface area contributed by atoms with Crippen LogP contribution in [0.1, 0.15) is 33.1 Å². The molecule has 0 saturated heterocycles. The molecular weight excluding hydrogens is 432 g/mol. The number of fused-ring (bicyclic) bond motifs is 2.